The fourth-order valence-electron chi connectivity index (χ4n) is 3.68. The van der Waals surface area contributed by atoms with Gasteiger partial charge in [0.15, 0.2) is 17.3 Å². The second kappa shape index (κ2) is 8.29. The first-order chi connectivity index (χ1) is 14.4. The molecule has 0 fully saturated rings. The SMILES string of the molecule is CC1(C)CC(=O)c2cc(C(=O)NC(COc3ccccc3F)C(C)(C)C)c(=O)[nH]c2C1. The number of amides is 1. The first-order valence-corrected chi connectivity index (χ1v) is 10.3. The molecule has 2 aromatic rings. The van der Waals surface area contributed by atoms with Crippen LogP contribution in [0.2, 0.25) is 0 Å². The summed E-state index contributed by atoms with van der Waals surface area (Å²) in [5.74, 6) is -1.09. The van der Waals surface area contributed by atoms with Crippen molar-refractivity contribution in [2.24, 2.45) is 10.8 Å². The van der Waals surface area contributed by atoms with Crippen LogP contribution in [0.4, 0.5) is 4.39 Å². The summed E-state index contributed by atoms with van der Waals surface area (Å²) in [6, 6.07) is 6.91. The number of benzene rings is 1. The van der Waals surface area contributed by atoms with Crippen LogP contribution in [0.1, 0.15) is 67.4 Å². The molecule has 0 aliphatic heterocycles. The van der Waals surface area contributed by atoms with Gasteiger partial charge in [0.2, 0.25) is 0 Å². The van der Waals surface area contributed by atoms with E-state index in [0.29, 0.717) is 24.1 Å². The Kier molecular flexibility index (Phi) is 6.07. The number of pyridine rings is 1. The number of ether oxygens (including phenoxy) is 1. The Morgan fingerprint density at radius 2 is 1.90 bits per heavy atom. The molecule has 2 N–H and O–H groups in total. The van der Waals surface area contributed by atoms with Gasteiger partial charge in [-0.05, 0) is 35.4 Å². The number of carbonyl (C=O) groups is 2. The Morgan fingerprint density at radius 1 is 1.23 bits per heavy atom. The third-order valence-corrected chi connectivity index (χ3v) is 5.56. The molecule has 1 atom stereocenters. The van der Waals surface area contributed by atoms with E-state index in [-0.39, 0.29) is 29.1 Å². The van der Waals surface area contributed by atoms with E-state index in [2.05, 4.69) is 10.3 Å². The zero-order valence-electron chi connectivity index (χ0n) is 18.6. The summed E-state index contributed by atoms with van der Waals surface area (Å²) in [6.07, 6.45) is 0.917. The fourth-order valence-corrected chi connectivity index (χ4v) is 3.68. The molecule has 1 aliphatic carbocycles. The van der Waals surface area contributed by atoms with E-state index in [1.165, 1.54) is 18.2 Å². The quantitative estimate of drug-likeness (QED) is 0.756. The second-order valence-electron chi connectivity index (χ2n) is 9.98. The minimum absolute atomic E-state index is 0.0200. The van der Waals surface area contributed by atoms with Crippen molar-refractivity contribution in [1.29, 1.82) is 0 Å². The van der Waals surface area contributed by atoms with Gasteiger partial charge in [0.25, 0.3) is 11.5 Å². The average Bonchev–Trinajstić information content (AvgIpc) is 2.63. The number of ketones is 1. The van der Waals surface area contributed by atoms with Crippen LogP contribution in [-0.2, 0) is 6.42 Å². The predicted octanol–water partition coefficient (Wildman–Crippen LogP) is 3.89. The summed E-state index contributed by atoms with van der Waals surface area (Å²) in [5, 5.41) is 2.82. The highest BCUT2D eigenvalue weighted by Crippen LogP contribution is 2.33. The summed E-state index contributed by atoms with van der Waals surface area (Å²) in [5.41, 5.74) is -0.367. The molecule has 31 heavy (non-hydrogen) atoms. The number of Topliss-reactive ketones (excluding diaryl/α,β-unsaturated/α-hetero) is 1. The van der Waals surface area contributed by atoms with Crippen molar-refractivity contribution in [2.45, 2.75) is 53.5 Å². The largest absolute Gasteiger partial charge is 0.488 e. The van der Waals surface area contributed by atoms with Gasteiger partial charge in [-0.1, -0.05) is 46.8 Å². The maximum Gasteiger partial charge on any atom is 0.261 e. The molecule has 0 bridgehead atoms. The third kappa shape index (κ3) is 5.21. The van der Waals surface area contributed by atoms with E-state index in [4.69, 9.17) is 4.74 Å². The van der Waals surface area contributed by atoms with Gasteiger partial charge in [0.05, 0.1) is 6.04 Å². The fraction of sp³-hybridized carbons (Fsp3) is 0.458. The summed E-state index contributed by atoms with van der Waals surface area (Å²) in [7, 11) is 0. The number of carbonyl (C=O) groups excluding carboxylic acids is 2. The van der Waals surface area contributed by atoms with Crippen LogP contribution >= 0.6 is 0 Å². The lowest BCUT2D eigenvalue weighted by Crippen LogP contribution is -2.48. The summed E-state index contributed by atoms with van der Waals surface area (Å²) in [6.45, 7) is 9.68. The number of aromatic amines is 1. The molecule has 0 radical (unpaired) electrons. The van der Waals surface area contributed by atoms with Gasteiger partial charge in [-0.15, -0.1) is 0 Å². The molecule has 1 amide bonds. The molecule has 1 aliphatic rings. The summed E-state index contributed by atoms with van der Waals surface area (Å²) >= 11 is 0. The standard InChI is InChI=1S/C24H29FN2O4/c1-23(2,3)20(13-31-19-9-7-6-8-16(19)25)27-22(30)15-10-14-17(26-21(15)29)11-24(4,5)12-18(14)28/h6-10,20H,11-13H2,1-5H3,(H,26,29)(H,27,30). The van der Waals surface area contributed by atoms with Gasteiger partial charge >= 0.3 is 0 Å². The van der Waals surface area contributed by atoms with Gasteiger partial charge < -0.3 is 15.0 Å². The van der Waals surface area contributed by atoms with Crippen LogP contribution in [0, 0.1) is 16.6 Å². The highest BCUT2D eigenvalue weighted by molar-refractivity contribution is 6.02. The summed E-state index contributed by atoms with van der Waals surface area (Å²) < 4.78 is 19.5. The Labute approximate surface area is 181 Å². The number of halogens is 1. The molecule has 0 spiro atoms. The molecule has 0 saturated carbocycles. The van der Waals surface area contributed by atoms with Crippen LogP contribution in [0.5, 0.6) is 5.75 Å². The highest BCUT2D eigenvalue weighted by Gasteiger charge is 2.34. The lowest BCUT2D eigenvalue weighted by atomic mass is 9.75. The van der Waals surface area contributed by atoms with Crippen LogP contribution in [-0.4, -0.2) is 29.3 Å². The average molecular weight is 429 g/mol. The Bertz CT molecular complexity index is 1070. The maximum atomic E-state index is 13.9. The van der Waals surface area contributed by atoms with Gasteiger partial charge in [0.1, 0.15) is 12.2 Å². The number of para-hydroxylation sites is 1. The number of aromatic nitrogens is 1. The molecule has 3 rings (SSSR count). The van der Waals surface area contributed by atoms with Crippen LogP contribution in [0.15, 0.2) is 35.1 Å². The molecule has 1 aromatic carbocycles. The van der Waals surface area contributed by atoms with Crippen molar-refractivity contribution in [3.63, 3.8) is 0 Å². The molecule has 166 valence electrons. The monoisotopic (exact) mass is 428 g/mol. The smallest absolute Gasteiger partial charge is 0.261 e. The minimum Gasteiger partial charge on any atom is -0.488 e. The molecule has 1 heterocycles. The van der Waals surface area contributed by atoms with Crippen molar-refractivity contribution in [2.75, 3.05) is 6.61 Å². The zero-order valence-corrected chi connectivity index (χ0v) is 18.6. The molecule has 0 saturated heterocycles. The molecule has 1 unspecified atom stereocenters. The van der Waals surface area contributed by atoms with E-state index in [0.717, 1.165) is 0 Å². The molecule has 7 heteroatoms. The lowest BCUT2D eigenvalue weighted by Gasteiger charge is -2.32. The first-order valence-electron chi connectivity index (χ1n) is 10.3. The maximum absolute atomic E-state index is 13.9. The van der Waals surface area contributed by atoms with Gasteiger partial charge in [-0.2, -0.15) is 0 Å². The molecular weight excluding hydrogens is 399 g/mol. The van der Waals surface area contributed by atoms with E-state index >= 15 is 0 Å². The zero-order chi connectivity index (χ0) is 23.0. The van der Waals surface area contributed by atoms with E-state index in [1.54, 1.807) is 12.1 Å². The highest BCUT2D eigenvalue weighted by atomic mass is 19.1. The Hall–Kier alpha value is -2.96. The predicted molar refractivity (Wildman–Crippen MR) is 116 cm³/mol. The Morgan fingerprint density at radius 3 is 2.55 bits per heavy atom. The number of nitrogens with one attached hydrogen (secondary N) is 2. The number of rotatable bonds is 5. The van der Waals surface area contributed by atoms with Crippen LogP contribution in [0.25, 0.3) is 0 Å². The first kappa shape index (κ1) is 22.7. The lowest BCUT2D eigenvalue weighted by molar-refractivity contribution is 0.0858. The minimum atomic E-state index is -0.598. The van der Waals surface area contributed by atoms with Gasteiger partial charge in [0, 0.05) is 17.7 Å². The van der Waals surface area contributed by atoms with Crippen molar-refractivity contribution in [3.05, 3.63) is 63.3 Å². The van der Waals surface area contributed by atoms with Crippen molar-refractivity contribution in [1.82, 2.24) is 10.3 Å². The molecule has 1 aromatic heterocycles. The number of hydrogen-bond acceptors (Lipinski definition) is 4. The molecular formula is C24H29FN2O4. The van der Waals surface area contributed by atoms with Crippen molar-refractivity contribution < 1.29 is 18.7 Å². The van der Waals surface area contributed by atoms with Gasteiger partial charge in [-0.3, -0.25) is 14.4 Å². The topological polar surface area (TPSA) is 88.3 Å². The van der Waals surface area contributed by atoms with Gasteiger partial charge in [-0.25, -0.2) is 4.39 Å². The number of H-pyrrole nitrogens is 1. The van der Waals surface area contributed by atoms with E-state index in [1.807, 2.05) is 34.6 Å². The van der Waals surface area contributed by atoms with Crippen LogP contribution in [0.3, 0.4) is 0 Å². The number of hydrogen-bond donors (Lipinski definition) is 2. The van der Waals surface area contributed by atoms with E-state index in [9.17, 15) is 18.8 Å². The second-order valence-corrected chi connectivity index (χ2v) is 9.98. The van der Waals surface area contributed by atoms with E-state index < -0.39 is 28.7 Å². The normalized spacial score (nSPS) is 16.4. The number of fused-ring (bicyclic) bond motifs is 1. The van der Waals surface area contributed by atoms with Crippen molar-refractivity contribution >= 4 is 11.7 Å². The van der Waals surface area contributed by atoms with Crippen molar-refractivity contribution in [3.8, 4) is 5.75 Å². The van der Waals surface area contributed by atoms with Crippen LogP contribution < -0.4 is 15.6 Å². The molecule has 6 nitrogen and oxygen atoms in total. The third-order valence-electron chi connectivity index (χ3n) is 5.56. The Balaban J connectivity index is 1.82. The summed E-state index contributed by atoms with van der Waals surface area (Å²) in [4.78, 5) is 40.8.